The number of nitrogens with zero attached hydrogens (tertiary/aromatic N) is 1. The lowest BCUT2D eigenvalue weighted by molar-refractivity contribution is -0.203. The number of hydrogen-bond acceptors (Lipinski definition) is 5. The number of hydrogen-bond donors (Lipinski definition) is 3. The molecular formula is C31H53NO5. The molecule has 6 nitrogen and oxygen atoms in total. The fourth-order valence-corrected chi connectivity index (χ4v) is 10.7. The molecule has 1 aliphatic heterocycles. The van der Waals surface area contributed by atoms with E-state index in [4.69, 9.17) is 4.74 Å². The third-order valence-electron chi connectivity index (χ3n) is 12.8. The first-order valence-corrected chi connectivity index (χ1v) is 15.5. The van der Waals surface area contributed by atoms with E-state index >= 15 is 0 Å². The number of fused-ring (bicyclic) bond motifs is 5. The molecule has 4 aliphatic carbocycles. The van der Waals surface area contributed by atoms with Gasteiger partial charge in [-0.15, -0.1) is 0 Å². The minimum Gasteiger partial charge on any atom is -0.449 e. The fraction of sp³-hybridized carbons (Fsp3) is 0.968. The van der Waals surface area contributed by atoms with Crippen molar-refractivity contribution in [3.05, 3.63) is 0 Å². The summed E-state index contributed by atoms with van der Waals surface area (Å²) < 4.78 is 5.68. The van der Waals surface area contributed by atoms with Gasteiger partial charge in [0.1, 0.15) is 0 Å². The molecule has 0 spiro atoms. The maximum absolute atomic E-state index is 12.5. The molecule has 5 aliphatic rings. The number of carbonyl (C=O) groups excluding carboxylic acids is 1. The zero-order valence-electron chi connectivity index (χ0n) is 23.8. The van der Waals surface area contributed by atoms with Crippen LogP contribution < -0.4 is 0 Å². The van der Waals surface area contributed by atoms with Crippen molar-refractivity contribution in [2.75, 3.05) is 26.3 Å². The van der Waals surface area contributed by atoms with Crippen LogP contribution in [-0.2, 0) is 4.74 Å². The van der Waals surface area contributed by atoms with E-state index in [1.165, 1.54) is 25.7 Å². The number of likely N-dealkylation sites (tertiary alicyclic amines) is 1. The fourth-order valence-electron chi connectivity index (χ4n) is 10.7. The second-order valence-electron chi connectivity index (χ2n) is 14.3. The van der Waals surface area contributed by atoms with E-state index in [1.54, 1.807) is 4.90 Å². The summed E-state index contributed by atoms with van der Waals surface area (Å²) in [7, 11) is 0. The SMILES string of the molecule is CC[C@@H]1C2C[C@H](O)CC[C@]2(C)[C@H]2CC[C@]3(C)[C@@H]([C@H](C)CCOC(=O)N4CC[C@@H](CO)C4)CC[C@H]3[C@@H]2[C@@H]1O. The standard InChI is InChI=1S/C31H53NO5/c1-5-22-26-16-21(34)8-12-31(26,4)25-9-13-30(3)23(6-7-24(30)27(25)28(22)35)19(2)11-15-37-29(36)32-14-10-20(17-32)18-33/h19-28,33-35H,5-18H2,1-4H3/t19-,20-,21-,22-,23-,24+,25+,26?,27+,28-,30-,31-/m1/s1. The van der Waals surface area contributed by atoms with E-state index in [0.29, 0.717) is 61.1 Å². The Labute approximate surface area is 224 Å². The summed E-state index contributed by atoms with van der Waals surface area (Å²) in [6.45, 7) is 11.5. The summed E-state index contributed by atoms with van der Waals surface area (Å²) >= 11 is 0. The molecule has 0 aromatic rings. The second-order valence-corrected chi connectivity index (χ2v) is 14.3. The minimum atomic E-state index is -0.249. The number of rotatable bonds is 6. The van der Waals surface area contributed by atoms with Crippen LogP contribution in [0.1, 0.15) is 91.9 Å². The highest BCUT2D eigenvalue weighted by Gasteiger charge is 2.64. The number of aliphatic hydroxyl groups excluding tert-OH is 3. The van der Waals surface area contributed by atoms with Gasteiger partial charge >= 0.3 is 6.09 Å². The Hall–Kier alpha value is -0.850. The van der Waals surface area contributed by atoms with E-state index < -0.39 is 0 Å². The van der Waals surface area contributed by atoms with E-state index in [1.807, 2.05) is 0 Å². The highest BCUT2D eigenvalue weighted by molar-refractivity contribution is 5.67. The molecule has 1 amide bonds. The van der Waals surface area contributed by atoms with Gasteiger partial charge in [-0.05, 0) is 110 Å². The van der Waals surface area contributed by atoms with Crippen LogP contribution in [0.25, 0.3) is 0 Å². The van der Waals surface area contributed by atoms with Gasteiger partial charge in [-0.2, -0.15) is 0 Å². The van der Waals surface area contributed by atoms with Crippen LogP contribution in [0.4, 0.5) is 4.79 Å². The van der Waals surface area contributed by atoms with Crippen molar-refractivity contribution in [1.82, 2.24) is 4.90 Å². The van der Waals surface area contributed by atoms with Gasteiger partial charge in [0.05, 0.1) is 18.8 Å². The average Bonchev–Trinajstić information content (AvgIpc) is 3.50. The van der Waals surface area contributed by atoms with Gasteiger partial charge in [0.25, 0.3) is 0 Å². The smallest absolute Gasteiger partial charge is 0.409 e. The lowest BCUT2D eigenvalue weighted by Gasteiger charge is -2.64. The topological polar surface area (TPSA) is 90.2 Å². The first-order chi connectivity index (χ1) is 17.6. The summed E-state index contributed by atoms with van der Waals surface area (Å²) in [6.07, 6.45) is 9.83. The maximum atomic E-state index is 12.5. The predicted molar refractivity (Wildman–Crippen MR) is 144 cm³/mol. The van der Waals surface area contributed by atoms with Crippen molar-refractivity contribution < 1.29 is 24.9 Å². The van der Waals surface area contributed by atoms with Gasteiger partial charge in [-0.25, -0.2) is 4.79 Å². The van der Waals surface area contributed by atoms with Crippen LogP contribution in [0.2, 0.25) is 0 Å². The molecular weight excluding hydrogens is 466 g/mol. The predicted octanol–water partition coefficient (Wildman–Crippen LogP) is 5.09. The van der Waals surface area contributed by atoms with Crippen LogP contribution in [0.3, 0.4) is 0 Å². The lowest BCUT2D eigenvalue weighted by atomic mass is 9.41. The van der Waals surface area contributed by atoms with E-state index in [0.717, 1.165) is 38.5 Å². The van der Waals surface area contributed by atoms with Gasteiger partial charge in [0, 0.05) is 25.6 Å². The summed E-state index contributed by atoms with van der Waals surface area (Å²) in [5.41, 5.74) is 0.484. The van der Waals surface area contributed by atoms with E-state index in [-0.39, 0.29) is 41.7 Å². The van der Waals surface area contributed by atoms with Crippen molar-refractivity contribution in [3.8, 4) is 0 Å². The lowest BCUT2D eigenvalue weighted by Crippen LogP contribution is -2.62. The Morgan fingerprint density at radius 2 is 1.76 bits per heavy atom. The zero-order chi connectivity index (χ0) is 26.5. The Balaban J connectivity index is 1.24. The summed E-state index contributed by atoms with van der Waals surface area (Å²) in [5, 5.41) is 31.7. The largest absolute Gasteiger partial charge is 0.449 e. The molecule has 1 unspecified atom stereocenters. The van der Waals surface area contributed by atoms with Crippen molar-refractivity contribution in [2.45, 2.75) is 104 Å². The van der Waals surface area contributed by atoms with Crippen LogP contribution in [0.15, 0.2) is 0 Å². The van der Waals surface area contributed by atoms with Gasteiger partial charge < -0.3 is 25.0 Å². The van der Waals surface area contributed by atoms with Crippen LogP contribution >= 0.6 is 0 Å². The summed E-state index contributed by atoms with van der Waals surface area (Å²) in [6, 6.07) is 0. The Morgan fingerprint density at radius 3 is 2.46 bits per heavy atom. The molecule has 3 N–H and O–H groups in total. The van der Waals surface area contributed by atoms with Crippen molar-refractivity contribution >= 4 is 6.09 Å². The molecule has 0 bridgehead atoms. The average molecular weight is 520 g/mol. The molecule has 0 aromatic carbocycles. The summed E-state index contributed by atoms with van der Waals surface area (Å²) in [4.78, 5) is 14.2. The molecule has 5 fully saturated rings. The van der Waals surface area contributed by atoms with Crippen molar-refractivity contribution in [1.29, 1.82) is 0 Å². The monoisotopic (exact) mass is 519 g/mol. The van der Waals surface area contributed by atoms with Crippen LogP contribution in [0.5, 0.6) is 0 Å². The Kier molecular flexibility index (Phi) is 7.95. The molecule has 212 valence electrons. The third-order valence-corrected chi connectivity index (χ3v) is 12.8. The molecule has 0 aromatic heterocycles. The molecule has 6 heteroatoms. The van der Waals surface area contributed by atoms with Crippen molar-refractivity contribution in [2.24, 2.45) is 58.2 Å². The van der Waals surface area contributed by atoms with Gasteiger partial charge in [-0.1, -0.05) is 34.1 Å². The Morgan fingerprint density at radius 1 is 1.03 bits per heavy atom. The minimum absolute atomic E-state index is 0.138. The first-order valence-electron chi connectivity index (χ1n) is 15.5. The molecule has 4 saturated carbocycles. The quantitative estimate of drug-likeness (QED) is 0.455. The highest BCUT2D eigenvalue weighted by Crippen LogP contribution is 2.69. The van der Waals surface area contributed by atoms with Gasteiger partial charge in [0.2, 0.25) is 0 Å². The molecule has 12 atom stereocenters. The van der Waals surface area contributed by atoms with E-state index in [2.05, 4.69) is 27.7 Å². The molecule has 1 heterocycles. The maximum Gasteiger partial charge on any atom is 0.409 e. The van der Waals surface area contributed by atoms with E-state index in [9.17, 15) is 20.1 Å². The zero-order valence-corrected chi connectivity index (χ0v) is 23.8. The Bertz CT molecular complexity index is 821. The first kappa shape index (κ1) is 27.7. The van der Waals surface area contributed by atoms with Crippen LogP contribution in [-0.4, -0.2) is 64.8 Å². The van der Waals surface area contributed by atoms with Crippen LogP contribution in [0, 0.1) is 58.2 Å². The van der Waals surface area contributed by atoms with Crippen molar-refractivity contribution in [3.63, 3.8) is 0 Å². The molecule has 37 heavy (non-hydrogen) atoms. The van der Waals surface area contributed by atoms with Gasteiger partial charge in [0.15, 0.2) is 0 Å². The van der Waals surface area contributed by atoms with Gasteiger partial charge in [-0.3, -0.25) is 0 Å². The molecule has 5 rings (SSSR count). The number of aliphatic hydroxyl groups is 3. The molecule has 1 saturated heterocycles. The third kappa shape index (κ3) is 4.65. The summed E-state index contributed by atoms with van der Waals surface area (Å²) in [5.74, 6) is 3.54. The number of amides is 1. The normalized spacial score (nSPS) is 48.2. The second kappa shape index (κ2) is 10.6. The highest BCUT2D eigenvalue weighted by atomic mass is 16.6. The number of ether oxygens (including phenoxy) is 1. The number of carbonyl (C=O) groups is 1. The molecule has 0 radical (unpaired) electrons.